The first-order valence-electron chi connectivity index (χ1n) is 10.3. The van der Waals surface area contributed by atoms with E-state index in [-0.39, 0.29) is 39.4 Å². The van der Waals surface area contributed by atoms with Gasteiger partial charge in [0, 0.05) is 10.7 Å². The van der Waals surface area contributed by atoms with Crippen molar-refractivity contribution in [3.05, 3.63) is 74.1 Å². The van der Waals surface area contributed by atoms with Crippen molar-refractivity contribution < 1.29 is 23.9 Å². The second kappa shape index (κ2) is 11.4. The molecule has 0 saturated carbocycles. The monoisotopic (exact) mass is 520 g/mol. The zero-order valence-electron chi connectivity index (χ0n) is 18.7. The summed E-state index contributed by atoms with van der Waals surface area (Å²) in [5, 5.41) is 6.35. The quantitative estimate of drug-likeness (QED) is 0.349. The molecule has 34 heavy (non-hydrogen) atoms. The highest BCUT2D eigenvalue weighted by molar-refractivity contribution is 7.19. The molecule has 0 atom stereocenters. The van der Waals surface area contributed by atoms with Crippen molar-refractivity contribution in [2.24, 2.45) is 0 Å². The average Bonchev–Trinajstić information content (AvgIpc) is 3.09. The average molecular weight is 521 g/mol. The lowest BCUT2D eigenvalue weighted by molar-refractivity contribution is -0.118. The number of hydrogen-bond donors (Lipinski definition) is 2. The molecule has 3 rings (SSSR count). The molecular formula is C24H22Cl2N2O5S. The Morgan fingerprint density at radius 3 is 2.47 bits per heavy atom. The molecule has 10 heteroatoms. The van der Waals surface area contributed by atoms with Crippen molar-refractivity contribution in [3.8, 4) is 5.75 Å². The van der Waals surface area contributed by atoms with Gasteiger partial charge in [-0.15, -0.1) is 11.3 Å². The van der Waals surface area contributed by atoms with Crippen molar-refractivity contribution in [2.75, 3.05) is 23.8 Å². The van der Waals surface area contributed by atoms with E-state index in [2.05, 4.69) is 10.6 Å². The number of nitrogens with one attached hydrogen (secondary N) is 2. The van der Waals surface area contributed by atoms with Gasteiger partial charge in [0.2, 0.25) is 0 Å². The Bertz CT molecular complexity index is 1240. The lowest BCUT2D eigenvalue weighted by Gasteiger charge is -2.09. The summed E-state index contributed by atoms with van der Waals surface area (Å²) >= 11 is 12.9. The van der Waals surface area contributed by atoms with Crippen molar-refractivity contribution in [1.82, 2.24) is 0 Å². The highest BCUT2D eigenvalue weighted by Gasteiger charge is 2.27. The maximum absolute atomic E-state index is 12.9. The number of carbonyl (C=O) groups is 3. The van der Waals surface area contributed by atoms with Gasteiger partial charge in [0.15, 0.2) is 6.61 Å². The maximum Gasteiger partial charge on any atom is 0.341 e. The fourth-order valence-corrected chi connectivity index (χ4v) is 4.65. The summed E-state index contributed by atoms with van der Waals surface area (Å²) in [6.45, 7) is 4.99. The third-order valence-corrected chi connectivity index (χ3v) is 6.35. The molecule has 0 unspecified atom stereocenters. The summed E-state index contributed by atoms with van der Waals surface area (Å²) < 4.78 is 10.6. The molecule has 0 saturated heterocycles. The number of anilines is 2. The Balaban J connectivity index is 1.81. The van der Waals surface area contributed by atoms with Gasteiger partial charge in [-0.2, -0.15) is 0 Å². The van der Waals surface area contributed by atoms with Gasteiger partial charge < -0.3 is 20.1 Å². The molecule has 2 aromatic carbocycles. The van der Waals surface area contributed by atoms with Gasteiger partial charge in [-0.3, -0.25) is 9.59 Å². The summed E-state index contributed by atoms with van der Waals surface area (Å²) in [6, 6.07) is 12.0. The second-order valence-corrected chi connectivity index (χ2v) is 9.08. The normalized spacial score (nSPS) is 10.5. The van der Waals surface area contributed by atoms with Crippen LogP contribution in [0.25, 0.3) is 0 Å². The summed E-state index contributed by atoms with van der Waals surface area (Å²) in [5.74, 6) is -1.29. The SMILES string of the molecule is CCOC(=O)c1c(NC(=O)COc2ccc(Cl)cc2Cl)sc(C(=O)Nc2cccc(C)c2)c1C. The lowest BCUT2D eigenvalue weighted by atomic mass is 10.1. The van der Waals surface area contributed by atoms with Crippen LogP contribution in [0.1, 0.15) is 38.1 Å². The van der Waals surface area contributed by atoms with E-state index in [0.717, 1.165) is 16.9 Å². The number of rotatable bonds is 8. The van der Waals surface area contributed by atoms with E-state index >= 15 is 0 Å². The van der Waals surface area contributed by atoms with E-state index in [9.17, 15) is 14.4 Å². The third kappa shape index (κ3) is 6.28. The molecule has 0 spiro atoms. The summed E-state index contributed by atoms with van der Waals surface area (Å²) in [5.41, 5.74) is 2.14. The predicted octanol–water partition coefficient (Wildman–Crippen LogP) is 6.12. The van der Waals surface area contributed by atoms with Crippen LogP contribution >= 0.6 is 34.5 Å². The molecule has 7 nitrogen and oxygen atoms in total. The van der Waals surface area contributed by atoms with E-state index < -0.39 is 17.8 Å². The molecule has 0 bridgehead atoms. The van der Waals surface area contributed by atoms with Crippen molar-refractivity contribution in [2.45, 2.75) is 20.8 Å². The molecule has 0 aliphatic carbocycles. The smallest absolute Gasteiger partial charge is 0.341 e. The number of benzene rings is 2. The fourth-order valence-electron chi connectivity index (χ4n) is 3.08. The number of ether oxygens (including phenoxy) is 2. The largest absolute Gasteiger partial charge is 0.482 e. The van der Waals surface area contributed by atoms with E-state index in [1.165, 1.54) is 6.07 Å². The fraction of sp³-hybridized carbons (Fsp3) is 0.208. The van der Waals surface area contributed by atoms with Gasteiger partial charge in [-0.1, -0.05) is 35.3 Å². The Morgan fingerprint density at radius 2 is 1.79 bits per heavy atom. The van der Waals surface area contributed by atoms with Gasteiger partial charge in [-0.25, -0.2) is 4.79 Å². The highest BCUT2D eigenvalue weighted by atomic mass is 35.5. The molecule has 0 radical (unpaired) electrons. The van der Waals surface area contributed by atoms with Crippen LogP contribution in [0.15, 0.2) is 42.5 Å². The Kier molecular flexibility index (Phi) is 8.55. The van der Waals surface area contributed by atoms with Crippen LogP contribution in [0.5, 0.6) is 5.75 Å². The number of thiophene rings is 1. The Labute approximate surface area is 211 Å². The zero-order chi connectivity index (χ0) is 24.8. The van der Waals surface area contributed by atoms with Crippen LogP contribution in [0.4, 0.5) is 10.7 Å². The molecule has 178 valence electrons. The first-order chi connectivity index (χ1) is 16.2. The summed E-state index contributed by atoms with van der Waals surface area (Å²) in [7, 11) is 0. The minimum atomic E-state index is -0.636. The van der Waals surface area contributed by atoms with Crippen LogP contribution in [0.3, 0.4) is 0 Å². The number of halogens is 2. The van der Waals surface area contributed by atoms with Gasteiger partial charge in [0.05, 0.1) is 22.1 Å². The van der Waals surface area contributed by atoms with Crippen LogP contribution in [0.2, 0.25) is 10.0 Å². The van der Waals surface area contributed by atoms with Crippen LogP contribution in [-0.2, 0) is 9.53 Å². The molecule has 2 amide bonds. The van der Waals surface area contributed by atoms with Crippen molar-refractivity contribution >= 4 is 63.0 Å². The first kappa shape index (κ1) is 25.6. The number of carbonyl (C=O) groups excluding carboxylic acids is 3. The molecule has 1 heterocycles. The van der Waals surface area contributed by atoms with Crippen LogP contribution < -0.4 is 15.4 Å². The summed E-state index contributed by atoms with van der Waals surface area (Å²) in [6.07, 6.45) is 0. The Hall–Kier alpha value is -3.07. The Morgan fingerprint density at radius 1 is 1.03 bits per heavy atom. The minimum absolute atomic E-state index is 0.124. The zero-order valence-corrected chi connectivity index (χ0v) is 21.0. The predicted molar refractivity (Wildman–Crippen MR) is 135 cm³/mol. The van der Waals surface area contributed by atoms with Crippen molar-refractivity contribution in [3.63, 3.8) is 0 Å². The second-order valence-electron chi connectivity index (χ2n) is 7.22. The van der Waals surface area contributed by atoms with E-state index in [1.807, 2.05) is 25.1 Å². The van der Waals surface area contributed by atoms with Gasteiger partial charge in [-0.05, 0) is 62.2 Å². The highest BCUT2D eigenvalue weighted by Crippen LogP contribution is 2.34. The summed E-state index contributed by atoms with van der Waals surface area (Å²) in [4.78, 5) is 38.4. The number of hydrogen-bond acceptors (Lipinski definition) is 6. The van der Waals surface area contributed by atoms with Gasteiger partial charge in [0.1, 0.15) is 10.8 Å². The molecule has 0 aliphatic rings. The van der Waals surface area contributed by atoms with Crippen LogP contribution in [0, 0.1) is 13.8 Å². The minimum Gasteiger partial charge on any atom is -0.482 e. The van der Waals surface area contributed by atoms with E-state index in [1.54, 1.807) is 32.0 Å². The molecule has 2 N–H and O–H groups in total. The lowest BCUT2D eigenvalue weighted by Crippen LogP contribution is -2.21. The number of aryl methyl sites for hydroxylation is 1. The van der Waals surface area contributed by atoms with Gasteiger partial charge in [0.25, 0.3) is 11.8 Å². The van der Waals surface area contributed by atoms with Gasteiger partial charge >= 0.3 is 5.97 Å². The molecule has 3 aromatic rings. The molecule has 0 fully saturated rings. The van der Waals surface area contributed by atoms with Crippen molar-refractivity contribution in [1.29, 1.82) is 0 Å². The topological polar surface area (TPSA) is 93.7 Å². The molecule has 0 aliphatic heterocycles. The third-order valence-electron chi connectivity index (χ3n) is 4.61. The maximum atomic E-state index is 12.9. The van der Waals surface area contributed by atoms with E-state index in [0.29, 0.717) is 16.3 Å². The van der Waals surface area contributed by atoms with E-state index in [4.69, 9.17) is 32.7 Å². The number of esters is 1. The molecular weight excluding hydrogens is 499 g/mol. The molecule has 1 aromatic heterocycles. The first-order valence-corrected chi connectivity index (χ1v) is 11.8. The number of amides is 2. The van der Waals surface area contributed by atoms with Crippen LogP contribution in [-0.4, -0.2) is 31.0 Å². The standard InChI is InChI=1S/C24H22Cl2N2O5S/c1-4-32-24(31)20-14(3)21(22(30)27-16-7-5-6-13(2)10-16)34-23(20)28-19(29)12-33-18-9-8-15(25)11-17(18)26/h5-11H,4,12H2,1-3H3,(H,27,30)(H,28,29).